The smallest absolute Gasteiger partial charge is 0.123 e. The molecule has 1 aliphatic carbocycles. The van der Waals surface area contributed by atoms with E-state index in [1.54, 1.807) is 24.3 Å². The van der Waals surface area contributed by atoms with Gasteiger partial charge in [-0.05, 0) is 54.7 Å². The first kappa shape index (κ1) is 16.9. The molecule has 1 aliphatic rings. The summed E-state index contributed by atoms with van der Waals surface area (Å²) in [6, 6.07) is 13.7. The van der Waals surface area contributed by atoms with E-state index in [1.165, 1.54) is 12.1 Å². The fourth-order valence-electron chi connectivity index (χ4n) is 3.59. The summed E-state index contributed by atoms with van der Waals surface area (Å²) in [6.45, 7) is 0. The number of hydrogen-bond donors (Lipinski definition) is 1. The van der Waals surface area contributed by atoms with Gasteiger partial charge in [-0.15, -0.1) is 0 Å². The van der Waals surface area contributed by atoms with Crippen molar-refractivity contribution in [3.05, 3.63) is 71.3 Å². The Labute approximate surface area is 135 Å². The SMILES string of the molecule is [Cl-].[NH3+][C@H]1CCCC1C(c1cccc(F)c1)c1cccc(F)c1. The molecule has 2 aromatic carbocycles. The summed E-state index contributed by atoms with van der Waals surface area (Å²) in [5, 5.41) is 0. The van der Waals surface area contributed by atoms with Crippen LogP contribution < -0.4 is 18.1 Å². The third kappa shape index (κ3) is 3.47. The molecule has 4 heteroatoms. The standard InChI is InChI=1S/C18H19F2N.ClH/c19-14-6-1-4-12(10-14)18(16-8-3-9-17(16)21)13-5-2-7-15(20)11-13;/h1-2,4-7,10-11,16-18H,3,8-9,21H2;1H/t16?,17-;/m0./s1. The monoisotopic (exact) mass is 323 g/mol. The molecule has 0 radical (unpaired) electrons. The molecule has 0 amide bonds. The van der Waals surface area contributed by atoms with E-state index in [0.717, 1.165) is 30.4 Å². The highest BCUT2D eigenvalue weighted by Gasteiger charge is 2.36. The lowest BCUT2D eigenvalue weighted by atomic mass is 9.78. The molecule has 1 unspecified atom stereocenters. The van der Waals surface area contributed by atoms with Crippen LogP contribution in [0.25, 0.3) is 0 Å². The normalized spacial score (nSPS) is 20.9. The van der Waals surface area contributed by atoms with Crippen molar-refractivity contribution in [1.82, 2.24) is 0 Å². The number of quaternary nitrogens is 1. The van der Waals surface area contributed by atoms with E-state index in [0.29, 0.717) is 12.0 Å². The topological polar surface area (TPSA) is 27.6 Å². The maximum Gasteiger partial charge on any atom is 0.123 e. The van der Waals surface area contributed by atoms with E-state index in [1.807, 2.05) is 12.1 Å². The van der Waals surface area contributed by atoms with Crippen molar-refractivity contribution in [3.63, 3.8) is 0 Å². The second kappa shape index (κ2) is 7.21. The average Bonchev–Trinajstić information content (AvgIpc) is 2.86. The fraction of sp³-hybridized carbons (Fsp3) is 0.333. The summed E-state index contributed by atoms with van der Waals surface area (Å²) in [5.74, 6) is -0.130. The van der Waals surface area contributed by atoms with E-state index in [2.05, 4.69) is 5.73 Å². The predicted molar refractivity (Wildman–Crippen MR) is 78.7 cm³/mol. The largest absolute Gasteiger partial charge is 1.00 e. The van der Waals surface area contributed by atoms with Crippen LogP contribution in [0.5, 0.6) is 0 Å². The van der Waals surface area contributed by atoms with Crippen LogP contribution in [0.15, 0.2) is 48.5 Å². The highest BCUT2D eigenvalue weighted by atomic mass is 35.5. The van der Waals surface area contributed by atoms with Gasteiger partial charge >= 0.3 is 0 Å². The zero-order chi connectivity index (χ0) is 14.8. The van der Waals surface area contributed by atoms with Crippen LogP contribution in [0.4, 0.5) is 8.78 Å². The van der Waals surface area contributed by atoms with Crippen LogP contribution in [0.2, 0.25) is 0 Å². The molecule has 0 heterocycles. The average molecular weight is 324 g/mol. The first-order valence-electron chi connectivity index (χ1n) is 7.49. The molecule has 0 aliphatic heterocycles. The zero-order valence-electron chi connectivity index (χ0n) is 12.3. The first-order chi connectivity index (χ1) is 10.1. The Morgan fingerprint density at radius 1 is 0.909 bits per heavy atom. The Kier molecular flexibility index (Phi) is 5.54. The van der Waals surface area contributed by atoms with E-state index < -0.39 is 0 Å². The van der Waals surface area contributed by atoms with Gasteiger partial charge in [0.1, 0.15) is 11.6 Å². The Bertz CT molecular complexity index is 586. The molecule has 0 bridgehead atoms. The molecule has 2 atom stereocenters. The maximum atomic E-state index is 13.6. The van der Waals surface area contributed by atoms with Gasteiger partial charge in [0.05, 0.1) is 6.04 Å². The molecule has 22 heavy (non-hydrogen) atoms. The lowest BCUT2D eigenvalue weighted by molar-refractivity contribution is -0.429. The Morgan fingerprint density at radius 3 is 1.86 bits per heavy atom. The lowest BCUT2D eigenvalue weighted by Gasteiger charge is -2.26. The van der Waals surface area contributed by atoms with Gasteiger partial charge < -0.3 is 18.1 Å². The van der Waals surface area contributed by atoms with Gasteiger partial charge in [0, 0.05) is 11.8 Å². The van der Waals surface area contributed by atoms with Gasteiger partial charge in [0.2, 0.25) is 0 Å². The van der Waals surface area contributed by atoms with Crippen molar-refractivity contribution in [1.29, 1.82) is 0 Å². The Morgan fingerprint density at radius 2 is 1.45 bits per heavy atom. The minimum absolute atomic E-state index is 0. The summed E-state index contributed by atoms with van der Waals surface area (Å²) in [5.41, 5.74) is 6.08. The van der Waals surface area contributed by atoms with Crippen LogP contribution in [0.3, 0.4) is 0 Å². The molecule has 0 aromatic heterocycles. The predicted octanol–water partition coefficient (Wildman–Crippen LogP) is 0.511. The number of hydrogen-bond acceptors (Lipinski definition) is 0. The third-order valence-corrected chi connectivity index (χ3v) is 4.56. The number of rotatable bonds is 3. The number of halogens is 3. The van der Waals surface area contributed by atoms with E-state index in [4.69, 9.17) is 0 Å². The first-order valence-corrected chi connectivity index (χ1v) is 7.49. The minimum atomic E-state index is -0.243. The fourth-order valence-corrected chi connectivity index (χ4v) is 3.59. The van der Waals surface area contributed by atoms with Gasteiger partial charge in [-0.25, -0.2) is 8.78 Å². The molecule has 3 rings (SSSR count). The third-order valence-electron chi connectivity index (χ3n) is 4.56. The van der Waals surface area contributed by atoms with Crippen molar-refractivity contribution >= 4 is 0 Å². The summed E-state index contributed by atoms with van der Waals surface area (Å²) < 4.78 is 27.2. The van der Waals surface area contributed by atoms with Gasteiger partial charge in [0.15, 0.2) is 0 Å². The molecule has 0 saturated heterocycles. The van der Waals surface area contributed by atoms with Crippen LogP contribution in [0.1, 0.15) is 36.3 Å². The van der Waals surface area contributed by atoms with Gasteiger partial charge in [-0.1, -0.05) is 24.3 Å². The maximum absolute atomic E-state index is 13.6. The molecule has 2 aromatic rings. The second-order valence-corrected chi connectivity index (χ2v) is 5.94. The summed E-state index contributed by atoms with van der Waals surface area (Å²) in [4.78, 5) is 0. The minimum Gasteiger partial charge on any atom is -1.00 e. The molecular formula is C18H20ClF2N. The molecule has 1 saturated carbocycles. The van der Waals surface area contributed by atoms with Gasteiger partial charge in [-0.3, -0.25) is 0 Å². The van der Waals surface area contributed by atoms with Crippen molar-refractivity contribution < 1.29 is 26.9 Å². The highest BCUT2D eigenvalue weighted by molar-refractivity contribution is 5.34. The summed E-state index contributed by atoms with van der Waals surface area (Å²) >= 11 is 0. The van der Waals surface area contributed by atoms with Gasteiger partial charge in [0.25, 0.3) is 0 Å². The highest BCUT2D eigenvalue weighted by Crippen LogP contribution is 2.40. The lowest BCUT2D eigenvalue weighted by Crippen LogP contribution is -3.00. The van der Waals surface area contributed by atoms with Crippen LogP contribution in [-0.2, 0) is 0 Å². The second-order valence-electron chi connectivity index (χ2n) is 5.94. The summed E-state index contributed by atoms with van der Waals surface area (Å²) in [6.07, 6.45) is 3.29. The molecule has 1 nitrogen and oxygen atoms in total. The van der Waals surface area contributed by atoms with E-state index >= 15 is 0 Å². The quantitative estimate of drug-likeness (QED) is 0.852. The van der Waals surface area contributed by atoms with E-state index in [-0.39, 0.29) is 30.0 Å². The van der Waals surface area contributed by atoms with Crippen LogP contribution >= 0.6 is 0 Å². The van der Waals surface area contributed by atoms with Gasteiger partial charge in [-0.2, -0.15) is 0 Å². The summed E-state index contributed by atoms with van der Waals surface area (Å²) in [7, 11) is 0. The molecule has 1 fully saturated rings. The molecular weight excluding hydrogens is 304 g/mol. The Hall–Kier alpha value is -1.45. The van der Waals surface area contributed by atoms with Crippen LogP contribution in [-0.4, -0.2) is 6.04 Å². The molecule has 0 spiro atoms. The van der Waals surface area contributed by atoms with E-state index in [9.17, 15) is 8.78 Å². The van der Waals surface area contributed by atoms with Crippen molar-refractivity contribution in [2.75, 3.05) is 0 Å². The molecule has 3 N–H and O–H groups in total. The number of benzene rings is 2. The van der Waals surface area contributed by atoms with Crippen molar-refractivity contribution in [2.24, 2.45) is 5.92 Å². The Balaban J connectivity index is 0.00000176. The van der Waals surface area contributed by atoms with Crippen molar-refractivity contribution in [3.8, 4) is 0 Å². The van der Waals surface area contributed by atoms with Crippen LogP contribution in [0, 0.1) is 17.6 Å². The van der Waals surface area contributed by atoms with Crippen molar-refractivity contribution in [2.45, 2.75) is 31.2 Å². The zero-order valence-corrected chi connectivity index (χ0v) is 13.1. The molecule has 118 valence electrons.